The number of hydrogen-bond acceptors (Lipinski definition) is 6. The molecule has 34 heavy (non-hydrogen) atoms. The minimum atomic E-state index is -0.878. The first-order valence-corrected chi connectivity index (χ1v) is 11.6. The van der Waals surface area contributed by atoms with E-state index in [1.165, 1.54) is 0 Å². The number of amides is 2. The molecule has 0 saturated carbocycles. The number of hydrogen-bond donors (Lipinski definition) is 2. The van der Waals surface area contributed by atoms with Crippen molar-refractivity contribution in [3.63, 3.8) is 0 Å². The summed E-state index contributed by atoms with van der Waals surface area (Å²) in [6, 6.07) is 15.3. The van der Waals surface area contributed by atoms with Gasteiger partial charge in [-0.2, -0.15) is 0 Å². The van der Waals surface area contributed by atoms with Crippen LogP contribution in [0.1, 0.15) is 36.2 Å². The van der Waals surface area contributed by atoms with E-state index in [9.17, 15) is 14.4 Å². The van der Waals surface area contributed by atoms with Crippen LogP contribution in [0.3, 0.4) is 0 Å². The minimum Gasteiger partial charge on any atom is -0.492 e. The van der Waals surface area contributed by atoms with Crippen LogP contribution >= 0.6 is 12.2 Å². The van der Waals surface area contributed by atoms with Crippen molar-refractivity contribution < 1.29 is 23.9 Å². The highest BCUT2D eigenvalue weighted by Gasteiger charge is 2.34. The largest absolute Gasteiger partial charge is 0.492 e. The van der Waals surface area contributed by atoms with E-state index in [0.29, 0.717) is 36.9 Å². The molecular weight excluding hydrogens is 454 g/mol. The van der Waals surface area contributed by atoms with Gasteiger partial charge in [-0.25, -0.2) is 0 Å². The van der Waals surface area contributed by atoms with Crippen LogP contribution in [-0.2, 0) is 20.9 Å². The second kappa shape index (κ2) is 12.1. The van der Waals surface area contributed by atoms with Gasteiger partial charge in [0.1, 0.15) is 18.4 Å². The third kappa shape index (κ3) is 7.02. The third-order valence-electron chi connectivity index (χ3n) is 5.12. The fourth-order valence-electron chi connectivity index (χ4n) is 3.39. The van der Waals surface area contributed by atoms with Crippen molar-refractivity contribution in [2.24, 2.45) is 5.92 Å². The van der Waals surface area contributed by atoms with Crippen molar-refractivity contribution in [2.45, 2.75) is 32.9 Å². The molecule has 2 aromatic carbocycles. The predicted molar refractivity (Wildman–Crippen MR) is 131 cm³/mol. The van der Waals surface area contributed by atoms with Gasteiger partial charge in [0.15, 0.2) is 5.11 Å². The van der Waals surface area contributed by atoms with Crippen molar-refractivity contribution in [3.05, 3.63) is 65.7 Å². The first-order valence-electron chi connectivity index (χ1n) is 11.2. The summed E-state index contributed by atoms with van der Waals surface area (Å²) in [6.45, 7) is 5.32. The maximum atomic E-state index is 12.9. The van der Waals surface area contributed by atoms with Crippen molar-refractivity contribution in [1.82, 2.24) is 15.5 Å². The number of piperazine rings is 1. The van der Waals surface area contributed by atoms with Crippen molar-refractivity contribution in [2.75, 3.05) is 19.7 Å². The predicted octanol–water partition coefficient (Wildman–Crippen LogP) is 2.67. The van der Waals surface area contributed by atoms with Gasteiger partial charge < -0.3 is 19.7 Å². The summed E-state index contributed by atoms with van der Waals surface area (Å²) in [6.07, 6.45) is -0.192. The number of benzene rings is 2. The van der Waals surface area contributed by atoms with Crippen LogP contribution in [0.2, 0.25) is 0 Å². The highest BCUT2D eigenvalue weighted by atomic mass is 32.1. The molecule has 180 valence electrons. The Kier molecular flexibility index (Phi) is 8.98. The Morgan fingerprint density at radius 3 is 2.59 bits per heavy atom. The van der Waals surface area contributed by atoms with Crippen LogP contribution < -0.4 is 15.4 Å². The number of nitrogens with one attached hydrogen (secondary N) is 2. The average molecular weight is 484 g/mol. The van der Waals surface area contributed by atoms with Crippen LogP contribution in [0, 0.1) is 5.92 Å². The zero-order chi connectivity index (χ0) is 24.5. The van der Waals surface area contributed by atoms with Gasteiger partial charge in [0.2, 0.25) is 5.91 Å². The molecule has 0 spiro atoms. The number of carbonyl (C=O) groups is 3. The molecule has 1 aliphatic heterocycles. The quantitative estimate of drug-likeness (QED) is 0.440. The fraction of sp³-hybridized carbons (Fsp3) is 0.360. The van der Waals surface area contributed by atoms with E-state index in [2.05, 4.69) is 10.6 Å². The van der Waals surface area contributed by atoms with Crippen LogP contribution in [-0.4, -0.2) is 53.5 Å². The number of thiocarbonyl (C=S) groups is 1. The van der Waals surface area contributed by atoms with E-state index < -0.39 is 17.9 Å². The second-order valence-electron chi connectivity index (χ2n) is 8.31. The summed E-state index contributed by atoms with van der Waals surface area (Å²) in [4.78, 5) is 39.4. The molecule has 0 aliphatic carbocycles. The number of nitrogens with zero attached hydrogens (tertiary/aromatic N) is 1. The highest BCUT2D eigenvalue weighted by Crippen LogP contribution is 2.19. The molecule has 1 saturated heterocycles. The molecule has 0 radical (unpaired) electrons. The third-order valence-corrected chi connectivity index (χ3v) is 5.46. The first-order chi connectivity index (χ1) is 16.3. The lowest BCUT2D eigenvalue weighted by Gasteiger charge is -2.36. The van der Waals surface area contributed by atoms with Crippen molar-refractivity contribution in [3.8, 4) is 5.75 Å². The molecular formula is C25H29N3O5S. The van der Waals surface area contributed by atoms with E-state index in [-0.39, 0.29) is 24.0 Å². The van der Waals surface area contributed by atoms with Gasteiger partial charge in [0.05, 0.1) is 18.6 Å². The topological polar surface area (TPSA) is 97.0 Å². The molecule has 9 heteroatoms. The van der Waals surface area contributed by atoms with E-state index >= 15 is 0 Å². The zero-order valence-electron chi connectivity index (χ0n) is 19.3. The Balaban J connectivity index is 1.63. The van der Waals surface area contributed by atoms with Crippen LogP contribution in [0.15, 0.2) is 54.6 Å². The Labute approximate surface area is 204 Å². The number of rotatable bonds is 8. The summed E-state index contributed by atoms with van der Waals surface area (Å²) in [5.41, 5.74) is 1.19. The number of carbonyl (C=O) groups excluding carboxylic acids is 3. The summed E-state index contributed by atoms with van der Waals surface area (Å²) >= 11 is 5.44. The van der Waals surface area contributed by atoms with Crippen molar-refractivity contribution in [1.29, 1.82) is 0 Å². The Bertz CT molecular complexity index is 1030. The van der Waals surface area contributed by atoms with Gasteiger partial charge in [0.25, 0.3) is 5.91 Å². The standard InChI is InChI=1S/C25H29N3O5S/c1-17(2)15-32-21-11-7-6-10-19(21)23(30)27-25(34)28-13-12-26-24(31)20(28)14-22(29)33-16-18-8-4-3-5-9-18/h3-11,17,20H,12-16H2,1-2H3,(H,26,31)(H,27,30,34). The molecule has 1 heterocycles. The molecule has 1 atom stereocenters. The lowest BCUT2D eigenvalue weighted by Crippen LogP contribution is -2.60. The smallest absolute Gasteiger partial charge is 0.308 e. The van der Waals surface area contributed by atoms with E-state index in [0.717, 1.165) is 5.56 Å². The van der Waals surface area contributed by atoms with Gasteiger partial charge >= 0.3 is 5.97 Å². The maximum absolute atomic E-state index is 12.9. The van der Waals surface area contributed by atoms with E-state index in [1.807, 2.05) is 44.2 Å². The molecule has 0 aromatic heterocycles. The van der Waals surface area contributed by atoms with Gasteiger partial charge in [0, 0.05) is 13.1 Å². The van der Waals surface area contributed by atoms with Crippen LogP contribution in [0.4, 0.5) is 0 Å². The highest BCUT2D eigenvalue weighted by molar-refractivity contribution is 7.80. The number of para-hydroxylation sites is 1. The molecule has 2 aromatic rings. The molecule has 2 N–H and O–H groups in total. The number of ether oxygens (including phenoxy) is 2. The summed E-state index contributed by atoms with van der Waals surface area (Å²) in [7, 11) is 0. The maximum Gasteiger partial charge on any atom is 0.308 e. The van der Waals surface area contributed by atoms with Gasteiger partial charge in [-0.3, -0.25) is 19.7 Å². The minimum absolute atomic E-state index is 0.0689. The van der Waals surface area contributed by atoms with Crippen LogP contribution in [0.5, 0.6) is 5.75 Å². The molecule has 1 unspecified atom stereocenters. The first kappa shape index (κ1) is 25.2. The normalized spacial score (nSPS) is 15.4. The van der Waals surface area contributed by atoms with Gasteiger partial charge in [-0.1, -0.05) is 56.3 Å². The monoisotopic (exact) mass is 483 g/mol. The molecule has 2 amide bonds. The van der Waals surface area contributed by atoms with E-state index in [4.69, 9.17) is 21.7 Å². The molecule has 3 rings (SSSR count). The van der Waals surface area contributed by atoms with Crippen molar-refractivity contribution >= 4 is 35.1 Å². The molecule has 8 nitrogen and oxygen atoms in total. The molecule has 0 bridgehead atoms. The Morgan fingerprint density at radius 1 is 1.15 bits per heavy atom. The fourth-order valence-corrected chi connectivity index (χ4v) is 3.70. The molecule has 1 aliphatic rings. The summed E-state index contributed by atoms with van der Waals surface area (Å²) in [5, 5.41) is 5.49. The van der Waals surface area contributed by atoms with E-state index in [1.54, 1.807) is 29.2 Å². The van der Waals surface area contributed by atoms with Gasteiger partial charge in [-0.05, 0) is 35.8 Å². The summed E-state index contributed by atoms with van der Waals surface area (Å²) in [5.74, 6) is -0.571. The summed E-state index contributed by atoms with van der Waals surface area (Å²) < 4.78 is 11.1. The Hall–Kier alpha value is -3.46. The second-order valence-corrected chi connectivity index (χ2v) is 8.70. The van der Waals surface area contributed by atoms with Gasteiger partial charge in [-0.15, -0.1) is 0 Å². The lowest BCUT2D eigenvalue weighted by molar-refractivity contribution is -0.148. The average Bonchev–Trinajstić information content (AvgIpc) is 2.83. The zero-order valence-corrected chi connectivity index (χ0v) is 20.1. The Morgan fingerprint density at radius 2 is 1.85 bits per heavy atom. The SMILES string of the molecule is CC(C)COc1ccccc1C(=O)NC(=S)N1CCNC(=O)C1CC(=O)OCc1ccccc1. The van der Waals surface area contributed by atoms with Crippen LogP contribution in [0.25, 0.3) is 0 Å². The molecule has 1 fully saturated rings. The lowest BCUT2D eigenvalue weighted by atomic mass is 10.1. The number of esters is 1.